The van der Waals surface area contributed by atoms with Gasteiger partial charge in [0.25, 0.3) is 0 Å². The second kappa shape index (κ2) is 4.76. The Morgan fingerprint density at radius 1 is 1.50 bits per heavy atom. The molecule has 0 saturated carbocycles. The summed E-state index contributed by atoms with van der Waals surface area (Å²) in [5.41, 5.74) is 2.57. The van der Waals surface area contributed by atoms with Crippen LogP contribution in [0.25, 0.3) is 11.0 Å². The van der Waals surface area contributed by atoms with Gasteiger partial charge in [-0.1, -0.05) is 0 Å². The molecule has 2 aromatic rings. The van der Waals surface area contributed by atoms with Gasteiger partial charge in [-0.2, -0.15) is 0 Å². The first-order chi connectivity index (χ1) is 7.85. The van der Waals surface area contributed by atoms with Crippen LogP contribution in [0.15, 0.2) is 24.5 Å². The number of anilines is 1. The summed E-state index contributed by atoms with van der Waals surface area (Å²) in [5, 5.41) is 11.4. The average molecular weight is 219 g/mol. The van der Waals surface area contributed by atoms with Crippen LogP contribution in [0.1, 0.15) is 6.42 Å². The van der Waals surface area contributed by atoms with Crippen molar-refractivity contribution in [2.75, 3.05) is 11.9 Å². The number of benzene rings is 1. The Balaban J connectivity index is 2.30. The van der Waals surface area contributed by atoms with E-state index in [2.05, 4.69) is 10.3 Å². The number of nitrogens with one attached hydrogen (secondary N) is 1. The predicted molar refractivity (Wildman–Crippen MR) is 61.1 cm³/mol. The van der Waals surface area contributed by atoms with Crippen LogP contribution in [0.3, 0.4) is 0 Å². The maximum absolute atomic E-state index is 10.3. The molecule has 84 valence electrons. The number of hydrogen-bond donors (Lipinski definition) is 2. The molecule has 2 N–H and O–H groups in total. The predicted octanol–water partition coefficient (Wildman–Crippen LogP) is 0.987. The Hall–Kier alpha value is -1.88. The van der Waals surface area contributed by atoms with Gasteiger partial charge in [0.1, 0.15) is 0 Å². The lowest BCUT2D eigenvalue weighted by atomic mass is 10.2. The molecule has 0 atom stereocenters. The summed E-state index contributed by atoms with van der Waals surface area (Å²) in [7, 11) is 0. The number of nitrogens with zero attached hydrogens (tertiary/aromatic N) is 2. The molecule has 2 rings (SSSR count). The standard InChI is InChI=1S/C11H13N3O2/c15-5-1-4-14-7-12-10-6-9(13-8-16)2-3-11(10)14/h2-3,6-8,15H,1,4-5H2,(H,13,16). The number of rotatable bonds is 5. The van der Waals surface area contributed by atoms with Crippen molar-refractivity contribution in [2.45, 2.75) is 13.0 Å². The number of fused-ring (bicyclic) bond motifs is 1. The fraction of sp³-hybridized carbons (Fsp3) is 0.273. The molecule has 5 nitrogen and oxygen atoms in total. The topological polar surface area (TPSA) is 67.2 Å². The van der Waals surface area contributed by atoms with Crippen LogP contribution in [0, 0.1) is 0 Å². The largest absolute Gasteiger partial charge is 0.396 e. The lowest BCUT2D eigenvalue weighted by molar-refractivity contribution is -0.105. The number of aromatic nitrogens is 2. The number of hydrogen-bond acceptors (Lipinski definition) is 3. The van der Waals surface area contributed by atoms with Crippen molar-refractivity contribution in [1.29, 1.82) is 0 Å². The summed E-state index contributed by atoms with van der Waals surface area (Å²) in [4.78, 5) is 14.5. The number of aliphatic hydroxyl groups excluding tert-OH is 1. The molecule has 0 unspecified atom stereocenters. The minimum Gasteiger partial charge on any atom is -0.396 e. The molecule has 0 aliphatic rings. The monoisotopic (exact) mass is 219 g/mol. The molecule has 0 fully saturated rings. The molecule has 5 heteroatoms. The fourth-order valence-electron chi connectivity index (χ4n) is 1.64. The van der Waals surface area contributed by atoms with Gasteiger partial charge in [-0.25, -0.2) is 4.98 Å². The molecule has 1 aromatic heterocycles. The maximum atomic E-state index is 10.3. The second-order valence-corrected chi connectivity index (χ2v) is 3.48. The van der Waals surface area contributed by atoms with Crippen LogP contribution in [0.5, 0.6) is 0 Å². The highest BCUT2D eigenvalue weighted by Crippen LogP contribution is 2.17. The highest BCUT2D eigenvalue weighted by atomic mass is 16.3. The zero-order chi connectivity index (χ0) is 11.4. The quantitative estimate of drug-likeness (QED) is 0.737. The van der Waals surface area contributed by atoms with E-state index in [-0.39, 0.29) is 6.61 Å². The molecule has 1 aromatic carbocycles. The summed E-state index contributed by atoms with van der Waals surface area (Å²) >= 11 is 0. The Morgan fingerprint density at radius 3 is 3.12 bits per heavy atom. The number of carbonyl (C=O) groups excluding carboxylic acids is 1. The van der Waals surface area contributed by atoms with E-state index >= 15 is 0 Å². The Morgan fingerprint density at radius 2 is 2.38 bits per heavy atom. The molecule has 0 radical (unpaired) electrons. The van der Waals surface area contributed by atoms with Gasteiger partial charge in [0.15, 0.2) is 0 Å². The number of imidazole rings is 1. The number of aliphatic hydroxyl groups is 1. The highest BCUT2D eigenvalue weighted by molar-refractivity contribution is 5.83. The van der Waals surface area contributed by atoms with Gasteiger partial charge in [0.05, 0.1) is 17.4 Å². The minimum atomic E-state index is 0.171. The van der Waals surface area contributed by atoms with E-state index in [1.807, 2.05) is 22.8 Å². The van der Waals surface area contributed by atoms with Crippen LogP contribution in [0.2, 0.25) is 0 Å². The second-order valence-electron chi connectivity index (χ2n) is 3.48. The van der Waals surface area contributed by atoms with Crippen LogP contribution in [-0.4, -0.2) is 27.7 Å². The normalized spacial score (nSPS) is 10.6. The summed E-state index contributed by atoms with van der Waals surface area (Å²) < 4.78 is 1.98. The first kappa shape index (κ1) is 10.6. The molecule has 0 aliphatic heterocycles. The third kappa shape index (κ3) is 2.04. The number of aryl methyl sites for hydroxylation is 1. The Labute approximate surface area is 92.7 Å². The van der Waals surface area contributed by atoms with Crippen LogP contribution in [-0.2, 0) is 11.3 Å². The summed E-state index contributed by atoms with van der Waals surface area (Å²) in [6.07, 6.45) is 3.09. The maximum Gasteiger partial charge on any atom is 0.211 e. The third-order valence-electron chi connectivity index (χ3n) is 2.40. The van der Waals surface area contributed by atoms with E-state index < -0.39 is 0 Å². The van der Waals surface area contributed by atoms with Crippen molar-refractivity contribution < 1.29 is 9.90 Å². The van der Waals surface area contributed by atoms with Crippen LogP contribution in [0.4, 0.5) is 5.69 Å². The summed E-state index contributed by atoms with van der Waals surface area (Å²) in [5.74, 6) is 0. The van der Waals surface area contributed by atoms with Gasteiger partial charge in [-0.15, -0.1) is 0 Å². The first-order valence-electron chi connectivity index (χ1n) is 5.11. The molecule has 0 bridgehead atoms. The smallest absolute Gasteiger partial charge is 0.211 e. The molecular formula is C11H13N3O2. The number of amides is 1. The number of carbonyl (C=O) groups is 1. The first-order valence-corrected chi connectivity index (χ1v) is 5.11. The van der Waals surface area contributed by atoms with E-state index in [1.54, 1.807) is 6.33 Å². The molecule has 1 amide bonds. The van der Waals surface area contributed by atoms with E-state index in [9.17, 15) is 4.79 Å². The van der Waals surface area contributed by atoms with Crippen molar-refractivity contribution in [3.05, 3.63) is 24.5 Å². The van der Waals surface area contributed by atoms with Crippen molar-refractivity contribution in [2.24, 2.45) is 0 Å². The van der Waals surface area contributed by atoms with E-state index in [1.165, 1.54) is 0 Å². The van der Waals surface area contributed by atoms with Crippen molar-refractivity contribution in [3.8, 4) is 0 Å². The van der Waals surface area contributed by atoms with Gasteiger partial charge < -0.3 is 15.0 Å². The zero-order valence-corrected chi connectivity index (χ0v) is 8.76. The van der Waals surface area contributed by atoms with E-state index in [0.717, 1.165) is 23.3 Å². The molecule has 0 aliphatic carbocycles. The van der Waals surface area contributed by atoms with Gasteiger partial charge >= 0.3 is 0 Å². The summed E-state index contributed by atoms with van der Waals surface area (Å²) in [6, 6.07) is 5.55. The Bertz CT molecular complexity index is 493. The zero-order valence-electron chi connectivity index (χ0n) is 8.76. The van der Waals surface area contributed by atoms with Gasteiger partial charge in [0.2, 0.25) is 6.41 Å². The third-order valence-corrected chi connectivity index (χ3v) is 2.40. The van der Waals surface area contributed by atoms with Crippen molar-refractivity contribution in [1.82, 2.24) is 9.55 Å². The van der Waals surface area contributed by atoms with Gasteiger partial charge in [-0.3, -0.25) is 4.79 Å². The van der Waals surface area contributed by atoms with E-state index in [0.29, 0.717) is 12.8 Å². The minimum absolute atomic E-state index is 0.171. The molecule has 0 spiro atoms. The van der Waals surface area contributed by atoms with Crippen LogP contribution < -0.4 is 5.32 Å². The van der Waals surface area contributed by atoms with Gasteiger partial charge in [0, 0.05) is 18.8 Å². The SMILES string of the molecule is O=CNc1ccc2c(c1)ncn2CCCO. The van der Waals surface area contributed by atoms with Crippen molar-refractivity contribution >= 4 is 23.1 Å². The molecular weight excluding hydrogens is 206 g/mol. The Kier molecular flexibility index (Phi) is 3.16. The summed E-state index contributed by atoms with van der Waals surface area (Å²) in [6.45, 7) is 0.915. The van der Waals surface area contributed by atoms with Crippen LogP contribution >= 0.6 is 0 Å². The molecule has 1 heterocycles. The lowest BCUT2D eigenvalue weighted by Gasteiger charge is -2.03. The fourth-order valence-corrected chi connectivity index (χ4v) is 1.64. The molecule has 16 heavy (non-hydrogen) atoms. The van der Waals surface area contributed by atoms with Gasteiger partial charge in [-0.05, 0) is 24.6 Å². The molecule has 0 saturated heterocycles. The van der Waals surface area contributed by atoms with E-state index in [4.69, 9.17) is 5.11 Å². The van der Waals surface area contributed by atoms with Crippen molar-refractivity contribution in [3.63, 3.8) is 0 Å². The lowest BCUT2D eigenvalue weighted by Crippen LogP contribution is -1.98. The average Bonchev–Trinajstić information content (AvgIpc) is 2.69. The highest BCUT2D eigenvalue weighted by Gasteiger charge is 2.02.